The van der Waals surface area contributed by atoms with E-state index in [2.05, 4.69) is 20.6 Å². The van der Waals surface area contributed by atoms with E-state index in [0.29, 0.717) is 24.6 Å². The van der Waals surface area contributed by atoms with E-state index in [0.717, 1.165) is 5.75 Å². The number of benzene rings is 2. The predicted molar refractivity (Wildman–Crippen MR) is 103 cm³/mol. The summed E-state index contributed by atoms with van der Waals surface area (Å²) in [5.41, 5.74) is 0.830. The lowest BCUT2D eigenvalue weighted by molar-refractivity contribution is 0.0942. The van der Waals surface area contributed by atoms with Gasteiger partial charge in [-0.2, -0.15) is 0 Å². The van der Waals surface area contributed by atoms with Gasteiger partial charge in [-0.3, -0.25) is 4.79 Å². The van der Waals surface area contributed by atoms with Crippen LogP contribution in [0, 0.1) is 5.82 Å². The van der Waals surface area contributed by atoms with Crippen molar-refractivity contribution in [2.24, 2.45) is 0 Å². The van der Waals surface area contributed by atoms with Crippen LogP contribution >= 0.6 is 0 Å². The van der Waals surface area contributed by atoms with Crippen LogP contribution < -0.4 is 20.1 Å². The highest BCUT2D eigenvalue weighted by Crippen LogP contribution is 2.16. The Bertz CT molecular complexity index is 917. The monoisotopic (exact) mass is 382 g/mol. The van der Waals surface area contributed by atoms with Crippen LogP contribution in [0.1, 0.15) is 10.5 Å². The number of nitrogens with one attached hydrogen (secondary N) is 2. The topological polar surface area (TPSA) is 85.4 Å². The second-order valence-electron chi connectivity index (χ2n) is 5.68. The first kappa shape index (κ1) is 19.1. The average molecular weight is 382 g/mol. The van der Waals surface area contributed by atoms with Gasteiger partial charge in [-0.1, -0.05) is 0 Å². The number of amides is 1. The number of hydrogen-bond acceptors (Lipinski definition) is 6. The predicted octanol–water partition coefficient (Wildman–Crippen LogP) is 3.18. The Labute approximate surface area is 161 Å². The molecular weight excluding hydrogens is 363 g/mol. The number of halogens is 1. The molecule has 3 aromatic rings. The molecule has 3 rings (SSSR count). The maximum absolute atomic E-state index is 13.0. The van der Waals surface area contributed by atoms with Gasteiger partial charge >= 0.3 is 0 Å². The zero-order valence-electron chi connectivity index (χ0n) is 15.2. The van der Waals surface area contributed by atoms with Gasteiger partial charge in [0.2, 0.25) is 5.95 Å². The van der Waals surface area contributed by atoms with E-state index >= 15 is 0 Å². The van der Waals surface area contributed by atoms with Crippen LogP contribution in [-0.2, 0) is 0 Å². The van der Waals surface area contributed by atoms with E-state index in [-0.39, 0.29) is 23.4 Å². The highest BCUT2D eigenvalue weighted by atomic mass is 19.1. The maximum Gasteiger partial charge on any atom is 0.270 e. The summed E-state index contributed by atoms with van der Waals surface area (Å²) in [6, 6.07) is 14.4. The summed E-state index contributed by atoms with van der Waals surface area (Å²) >= 11 is 0. The average Bonchev–Trinajstić information content (AvgIpc) is 2.73. The fraction of sp³-hybridized carbons (Fsp3) is 0.150. The van der Waals surface area contributed by atoms with E-state index in [1.807, 2.05) is 0 Å². The molecule has 0 aliphatic carbocycles. The molecule has 7 nitrogen and oxygen atoms in total. The SMILES string of the molecule is COc1ccc(OCCNC(=O)c2ccnc(Nc3ccc(F)cc3)n2)cc1. The number of carbonyl (C=O) groups excluding carboxylic acids is 1. The molecule has 0 atom stereocenters. The fourth-order valence-electron chi connectivity index (χ4n) is 2.30. The number of carbonyl (C=O) groups is 1. The molecule has 1 heterocycles. The summed E-state index contributed by atoms with van der Waals surface area (Å²) in [4.78, 5) is 20.5. The summed E-state index contributed by atoms with van der Waals surface area (Å²) < 4.78 is 23.6. The Morgan fingerprint density at radius 1 is 1.04 bits per heavy atom. The number of rotatable bonds is 8. The van der Waals surface area contributed by atoms with Crippen LogP contribution in [-0.4, -0.2) is 36.1 Å². The van der Waals surface area contributed by atoms with Crippen molar-refractivity contribution in [1.82, 2.24) is 15.3 Å². The Kier molecular flexibility index (Phi) is 6.35. The van der Waals surface area contributed by atoms with Crippen molar-refractivity contribution in [3.8, 4) is 11.5 Å². The normalized spacial score (nSPS) is 10.2. The number of nitrogens with zero attached hydrogens (tertiary/aromatic N) is 2. The number of ether oxygens (including phenoxy) is 2. The number of methoxy groups -OCH3 is 1. The molecule has 1 amide bonds. The third-order valence-corrected chi connectivity index (χ3v) is 3.70. The van der Waals surface area contributed by atoms with Gasteiger partial charge in [0.1, 0.15) is 29.6 Å². The summed E-state index contributed by atoms with van der Waals surface area (Å²) in [7, 11) is 1.60. The summed E-state index contributed by atoms with van der Waals surface area (Å²) in [6.07, 6.45) is 1.47. The third-order valence-electron chi connectivity index (χ3n) is 3.70. The Hall–Kier alpha value is -3.68. The van der Waals surface area contributed by atoms with Crippen LogP contribution in [0.15, 0.2) is 60.8 Å². The quantitative estimate of drug-likeness (QED) is 0.582. The zero-order valence-corrected chi connectivity index (χ0v) is 15.2. The van der Waals surface area contributed by atoms with Crippen LogP contribution in [0.5, 0.6) is 11.5 Å². The first-order chi connectivity index (χ1) is 13.6. The lowest BCUT2D eigenvalue weighted by Gasteiger charge is -2.09. The molecule has 0 aliphatic rings. The molecule has 0 fully saturated rings. The highest BCUT2D eigenvalue weighted by Gasteiger charge is 2.09. The molecule has 144 valence electrons. The van der Waals surface area contributed by atoms with Crippen molar-refractivity contribution in [1.29, 1.82) is 0 Å². The van der Waals surface area contributed by atoms with Gasteiger partial charge in [0, 0.05) is 11.9 Å². The van der Waals surface area contributed by atoms with Gasteiger partial charge in [-0.25, -0.2) is 14.4 Å². The molecule has 1 aromatic heterocycles. The standard InChI is InChI=1S/C20H19FN4O3/c1-27-16-6-8-17(9-7-16)28-13-12-22-19(26)18-10-11-23-20(25-18)24-15-4-2-14(21)3-5-15/h2-11H,12-13H2,1H3,(H,22,26)(H,23,24,25). The minimum absolute atomic E-state index is 0.212. The molecule has 0 unspecified atom stereocenters. The molecule has 2 N–H and O–H groups in total. The lowest BCUT2D eigenvalue weighted by atomic mass is 10.3. The van der Waals surface area contributed by atoms with Crippen LogP contribution in [0.4, 0.5) is 16.0 Å². The second-order valence-corrected chi connectivity index (χ2v) is 5.68. The molecular formula is C20H19FN4O3. The van der Waals surface area contributed by atoms with Gasteiger partial charge in [-0.15, -0.1) is 0 Å². The molecule has 0 saturated carbocycles. The lowest BCUT2D eigenvalue weighted by Crippen LogP contribution is -2.29. The van der Waals surface area contributed by atoms with Gasteiger partial charge in [0.15, 0.2) is 0 Å². The van der Waals surface area contributed by atoms with Gasteiger partial charge in [0.25, 0.3) is 5.91 Å². The van der Waals surface area contributed by atoms with E-state index < -0.39 is 0 Å². The molecule has 0 spiro atoms. The summed E-state index contributed by atoms with van der Waals surface area (Å²) in [5, 5.41) is 5.65. The molecule has 0 radical (unpaired) electrons. The van der Waals surface area contributed by atoms with Crippen LogP contribution in [0.25, 0.3) is 0 Å². The molecule has 0 bridgehead atoms. The van der Waals surface area contributed by atoms with Gasteiger partial charge in [-0.05, 0) is 54.6 Å². The number of anilines is 2. The van der Waals surface area contributed by atoms with E-state index in [1.165, 1.54) is 24.4 Å². The molecule has 2 aromatic carbocycles. The largest absolute Gasteiger partial charge is 0.497 e. The molecule has 28 heavy (non-hydrogen) atoms. The van der Waals surface area contributed by atoms with Crippen LogP contribution in [0.3, 0.4) is 0 Å². The van der Waals surface area contributed by atoms with E-state index in [1.54, 1.807) is 43.5 Å². The van der Waals surface area contributed by atoms with Crippen molar-refractivity contribution in [2.75, 3.05) is 25.6 Å². The van der Waals surface area contributed by atoms with Crippen LogP contribution in [0.2, 0.25) is 0 Å². The van der Waals surface area contributed by atoms with Crippen molar-refractivity contribution < 1.29 is 18.7 Å². The summed E-state index contributed by atoms with van der Waals surface area (Å²) in [6.45, 7) is 0.624. The molecule has 0 aliphatic heterocycles. The van der Waals surface area contributed by atoms with E-state index in [9.17, 15) is 9.18 Å². The number of aromatic nitrogens is 2. The van der Waals surface area contributed by atoms with Crippen molar-refractivity contribution in [3.63, 3.8) is 0 Å². The Morgan fingerprint density at radius 3 is 2.46 bits per heavy atom. The molecule has 0 saturated heterocycles. The first-order valence-corrected chi connectivity index (χ1v) is 8.55. The maximum atomic E-state index is 13.0. The Balaban J connectivity index is 1.49. The van der Waals surface area contributed by atoms with Gasteiger partial charge < -0.3 is 20.1 Å². The zero-order chi connectivity index (χ0) is 19.8. The van der Waals surface area contributed by atoms with Gasteiger partial charge in [0.05, 0.1) is 13.7 Å². The minimum atomic E-state index is -0.345. The smallest absolute Gasteiger partial charge is 0.270 e. The van der Waals surface area contributed by atoms with E-state index in [4.69, 9.17) is 9.47 Å². The first-order valence-electron chi connectivity index (χ1n) is 8.55. The van der Waals surface area contributed by atoms with Crippen molar-refractivity contribution in [2.45, 2.75) is 0 Å². The van der Waals surface area contributed by atoms with Crippen molar-refractivity contribution in [3.05, 3.63) is 72.3 Å². The molecule has 8 heteroatoms. The number of hydrogen-bond donors (Lipinski definition) is 2. The summed E-state index contributed by atoms with van der Waals surface area (Å²) in [5.74, 6) is 0.991. The minimum Gasteiger partial charge on any atom is -0.497 e. The highest BCUT2D eigenvalue weighted by molar-refractivity contribution is 5.92. The Morgan fingerprint density at radius 2 is 1.75 bits per heavy atom. The van der Waals surface area contributed by atoms with Crippen molar-refractivity contribution >= 4 is 17.5 Å². The third kappa shape index (κ3) is 5.41. The second kappa shape index (κ2) is 9.31. The fourth-order valence-corrected chi connectivity index (χ4v) is 2.30.